The zero-order chi connectivity index (χ0) is 14.4. The quantitative estimate of drug-likeness (QED) is 0.773. The van der Waals surface area contributed by atoms with Crippen LogP contribution in [0.1, 0.15) is 41.0 Å². The van der Waals surface area contributed by atoms with Gasteiger partial charge < -0.3 is 14.5 Å². The zero-order valence-electron chi connectivity index (χ0n) is 13.8. The molecule has 0 saturated carbocycles. The molecule has 0 radical (unpaired) electrons. The Labute approximate surface area is 115 Å². The summed E-state index contributed by atoms with van der Waals surface area (Å²) >= 11 is 0. The van der Waals surface area contributed by atoms with E-state index in [0.29, 0.717) is 0 Å². The van der Waals surface area contributed by atoms with E-state index in [9.17, 15) is 0 Å². The largest absolute Gasteiger partial charge is 0.385 e. The lowest BCUT2D eigenvalue weighted by Gasteiger charge is -2.31. The maximum atomic E-state index is 4.85. The van der Waals surface area contributed by atoms with Crippen LogP contribution in [-0.2, 0) is 4.74 Å². The highest BCUT2D eigenvalue weighted by atomic mass is 16.5. The monoisotopic (exact) mass is 260 g/mol. The van der Waals surface area contributed by atoms with Crippen LogP contribution in [0.25, 0.3) is 0 Å². The Morgan fingerprint density at radius 3 is 1.83 bits per heavy atom. The van der Waals surface area contributed by atoms with Crippen molar-refractivity contribution < 1.29 is 4.74 Å². The molecule has 0 bridgehead atoms. The molecule has 0 amide bonds. The van der Waals surface area contributed by atoms with E-state index in [1.807, 2.05) is 13.8 Å². The second-order valence-electron chi connectivity index (χ2n) is 4.91. The summed E-state index contributed by atoms with van der Waals surface area (Å²) in [5.41, 5.74) is 0. The summed E-state index contributed by atoms with van der Waals surface area (Å²) in [7, 11) is 3.93. The molecule has 0 spiro atoms. The summed E-state index contributed by atoms with van der Waals surface area (Å²) in [6.07, 6.45) is 1.18. The number of ether oxygens (including phenoxy) is 1. The van der Waals surface area contributed by atoms with Gasteiger partial charge in [-0.3, -0.25) is 0 Å². The van der Waals surface area contributed by atoms with Crippen molar-refractivity contribution in [2.24, 2.45) is 5.92 Å². The van der Waals surface area contributed by atoms with Crippen molar-refractivity contribution in [2.45, 2.75) is 41.0 Å². The molecule has 112 valence electrons. The van der Waals surface area contributed by atoms with Gasteiger partial charge in [0, 0.05) is 39.9 Å². The van der Waals surface area contributed by atoms with Crippen LogP contribution < -0.4 is 0 Å². The van der Waals surface area contributed by atoms with Gasteiger partial charge in [0.15, 0.2) is 0 Å². The minimum absolute atomic E-state index is 0.778. The van der Waals surface area contributed by atoms with Gasteiger partial charge in [0.05, 0.1) is 0 Å². The predicted molar refractivity (Wildman–Crippen MR) is 82.3 cm³/mol. The molecule has 3 heteroatoms. The first-order chi connectivity index (χ1) is 8.60. The molecule has 1 fully saturated rings. The molecule has 18 heavy (non-hydrogen) atoms. The minimum atomic E-state index is 0.778. The number of methoxy groups -OCH3 is 1. The van der Waals surface area contributed by atoms with E-state index < -0.39 is 0 Å². The second kappa shape index (κ2) is 14.9. The summed E-state index contributed by atoms with van der Waals surface area (Å²) in [4.78, 5) is 4.87. The van der Waals surface area contributed by atoms with Gasteiger partial charge in [-0.1, -0.05) is 34.6 Å². The Hall–Kier alpha value is -0.120. The number of likely N-dealkylation sites (N-methyl/N-ethyl adjacent to an activating group) is 2. The second-order valence-corrected chi connectivity index (χ2v) is 4.91. The molecular weight excluding hydrogens is 224 g/mol. The molecule has 1 saturated heterocycles. The van der Waals surface area contributed by atoms with Gasteiger partial charge in [0.1, 0.15) is 0 Å². The summed E-state index contributed by atoms with van der Waals surface area (Å²) in [5, 5.41) is 0. The highest BCUT2D eigenvalue weighted by molar-refractivity contribution is 4.66. The van der Waals surface area contributed by atoms with E-state index in [0.717, 1.165) is 12.5 Å². The van der Waals surface area contributed by atoms with Crippen LogP contribution in [0.3, 0.4) is 0 Å². The first kappa shape index (κ1) is 20.2. The van der Waals surface area contributed by atoms with Crippen molar-refractivity contribution in [3.63, 3.8) is 0 Å². The molecule has 0 atom stereocenters. The van der Waals surface area contributed by atoms with Crippen LogP contribution in [0.5, 0.6) is 0 Å². The molecule has 1 rings (SSSR count). The summed E-state index contributed by atoms with van der Waals surface area (Å²) in [5.74, 6) is 0.778. The van der Waals surface area contributed by atoms with Gasteiger partial charge in [0.25, 0.3) is 0 Å². The van der Waals surface area contributed by atoms with Gasteiger partial charge in [-0.25, -0.2) is 0 Å². The normalized spacial score (nSPS) is 16.7. The Balaban J connectivity index is 0. The first-order valence-corrected chi connectivity index (χ1v) is 7.50. The molecule has 1 aliphatic heterocycles. The van der Waals surface area contributed by atoms with Gasteiger partial charge in [-0.05, 0) is 25.9 Å². The zero-order valence-corrected chi connectivity index (χ0v) is 13.8. The number of hydrogen-bond donors (Lipinski definition) is 0. The third kappa shape index (κ3) is 13.9. The number of hydrogen-bond acceptors (Lipinski definition) is 3. The number of piperazine rings is 1. The molecule has 3 nitrogen and oxygen atoms in total. The van der Waals surface area contributed by atoms with Crippen LogP contribution in [0, 0.1) is 5.92 Å². The molecule has 0 aromatic carbocycles. The molecule has 0 N–H and O–H groups in total. The summed E-state index contributed by atoms with van der Waals surface area (Å²) in [6, 6.07) is 0. The fourth-order valence-corrected chi connectivity index (χ4v) is 1.52. The maximum Gasteiger partial charge on any atom is 0.0464 e. The third-order valence-corrected chi connectivity index (χ3v) is 2.94. The van der Waals surface area contributed by atoms with Gasteiger partial charge in [-0.15, -0.1) is 0 Å². The van der Waals surface area contributed by atoms with E-state index in [-0.39, 0.29) is 0 Å². The van der Waals surface area contributed by atoms with E-state index in [4.69, 9.17) is 4.74 Å². The fraction of sp³-hybridized carbons (Fsp3) is 1.00. The molecule has 1 aliphatic rings. The molecule has 0 aliphatic carbocycles. The Bertz CT molecular complexity index is 143. The number of rotatable bonds is 4. The predicted octanol–water partition coefficient (Wildman–Crippen LogP) is 2.96. The standard InChI is InChI=1S/C7H16N2.C6H14O.C2H6/c1-3-9-6-4-8(2)5-7-9;1-6(2)4-5-7-3;1-2/h3-7H2,1-2H3;6H,4-5H2,1-3H3;1-2H3. The molecule has 0 aromatic rings. The average Bonchev–Trinajstić information content (AvgIpc) is 2.40. The van der Waals surface area contributed by atoms with Gasteiger partial charge in [-0.2, -0.15) is 0 Å². The van der Waals surface area contributed by atoms with Crippen molar-refractivity contribution in [1.29, 1.82) is 0 Å². The third-order valence-electron chi connectivity index (χ3n) is 2.94. The summed E-state index contributed by atoms with van der Waals surface area (Å²) in [6.45, 7) is 17.7. The maximum absolute atomic E-state index is 4.85. The van der Waals surface area contributed by atoms with Crippen LogP contribution in [0.2, 0.25) is 0 Å². The van der Waals surface area contributed by atoms with E-state index in [2.05, 4.69) is 37.6 Å². The van der Waals surface area contributed by atoms with Crippen molar-refractivity contribution in [2.75, 3.05) is 53.5 Å². The Morgan fingerprint density at radius 2 is 1.56 bits per heavy atom. The SMILES string of the molecule is CC.CCN1CCN(C)CC1.COCCC(C)C. The lowest BCUT2D eigenvalue weighted by molar-refractivity contribution is 0.160. The van der Waals surface area contributed by atoms with E-state index >= 15 is 0 Å². The summed E-state index contributed by atoms with van der Waals surface area (Å²) < 4.78 is 4.85. The smallest absolute Gasteiger partial charge is 0.0464 e. The number of nitrogens with zero attached hydrogens (tertiary/aromatic N) is 2. The van der Waals surface area contributed by atoms with Gasteiger partial charge >= 0.3 is 0 Å². The molecule has 1 heterocycles. The highest BCUT2D eigenvalue weighted by Crippen LogP contribution is 1.97. The Kier molecular flexibility index (Phi) is 16.8. The van der Waals surface area contributed by atoms with E-state index in [1.165, 1.54) is 39.1 Å². The first-order valence-electron chi connectivity index (χ1n) is 7.50. The lowest BCUT2D eigenvalue weighted by Crippen LogP contribution is -2.44. The lowest BCUT2D eigenvalue weighted by atomic mass is 10.1. The van der Waals surface area contributed by atoms with Crippen molar-refractivity contribution in [3.05, 3.63) is 0 Å². The van der Waals surface area contributed by atoms with Crippen LogP contribution in [0.4, 0.5) is 0 Å². The van der Waals surface area contributed by atoms with E-state index in [1.54, 1.807) is 7.11 Å². The van der Waals surface area contributed by atoms with Crippen LogP contribution in [0.15, 0.2) is 0 Å². The van der Waals surface area contributed by atoms with Crippen molar-refractivity contribution in [3.8, 4) is 0 Å². The van der Waals surface area contributed by atoms with Gasteiger partial charge in [0.2, 0.25) is 0 Å². The average molecular weight is 260 g/mol. The topological polar surface area (TPSA) is 15.7 Å². The van der Waals surface area contributed by atoms with Crippen LogP contribution >= 0.6 is 0 Å². The molecule has 0 aromatic heterocycles. The molecule has 0 unspecified atom stereocenters. The molecular formula is C15H36N2O. The van der Waals surface area contributed by atoms with Crippen molar-refractivity contribution in [1.82, 2.24) is 9.80 Å². The van der Waals surface area contributed by atoms with Crippen LogP contribution in [-0.4, -0.2) is 63.3 Å². The van der Waals surface area contributed by atoms with Crippen molar-refractivity contribution >= 4 is 0 Å². The fourth-order valence-electron chi connectivity index (χ4n) is 1.52. The highest BCUT2D eigenvalue weighted by Gasteiger charge is 2.10. The minimum Gasteiger partial charge on any atom is -0.385 e. The Morgan fingerprint density at radius 1 is 1.06 bits per heavy atom.